The summed E-state index contributed by atoms with van der Waals surface area (Å²) >= 11 is 1.19. The van der Waals surface area contributed by atoms with Gasteiger partial charge in [-0.05, 0) is 25.7 Å². The molecule has 3 N–H and O–H groups in total. The fraction of sp³-hybridized carbons (Fsp3) is 0.706. The Balaban J connectivity index is 1.40. The molecule has 2 amide bonds. The van der Waals surface area contributed by atoms with Crippen LogP contribution in [0.25, 0.3) is 0 Å². The minimum absolute atomic E-state index is 0.0386. The van der Waals surface area contributed by atoms with Crippen LogP contribution < -0.4 is 10.6 Å². The van der Waals surface area contributed by atoms with Crippen LogP contribution in [0.4, 0.5) is 9.93 Å². The molecule has 1 saturated heterocycles. The number of carbonyl (C=O) groups excluding carboxylic acids is 1. The highest BCUT2D eigenvalue weighted by atomic mass is 32.1. The lowest BCUT2D eigenvalue weighted by Crippen LogP contribution is -2.48. The lowest BCUT2D eigenvalue weighted by molar-refractivity contribution is -0.121. The SMILES string of the molecule is O=C(O)Nc1nc(CC(=O)NC2CCN(C3CCCCC3)CC2)cs1. The molecule has 3 rings (SSSR count). The number of carbonyl (C=O) groups is 2. The van der Waals surface area contributed by atoms with Crippen molar-refractivity contribution in [1.29, 1.82) is 0 Å². The number of thiazole rings is 1. The third kappa shape index (κ3) is 5.40. The maximum Gasteiger partial charge on any atom is 0.410 e. The van der Waals surface area contributed by atoms with E-state index in [9.17, 15) is 9.59 Å². The van der Waals surface area contributed by atoms with Gasteiger partial charge >= 0.3 is 6.09 Å². The Morgan fingerprint density at radius 1 is 1.20 bits per heavy atom. The number of piperidine rings is 1. The summed E-state index contributed by atoms with van der Waals surface area (Å²) in [6, 6.07) is 0.989. The summed E-state index contributed by atoms with van der Waals surface area (Å²) in [6.07, 6.45) is 7.80. The van der Waals surface area contributed by atoms with Crippen LogP contribution in [-0.4, -0.2) is 52.2 Å². The highest BCUT2D eigenvalue weighted by molar-refractivity contribution is 7.13. The Hall–Kier alpha value is -1.67. The molecular weight excluding hydrogens is 340 g/mol. The predicted octanol–water partition coefficient (Wildman–Crippen LogP) is 2.69. The number of hydrogen-bond acceptors (Lipinski definition) is 5. The largest absolute Gasteiger partial charge is 0.465 e. The Morgan fingerprint density at radius 2 is 1.92 bits per heavy atom. The first-order valence-corrected chi connectivity index (χ1v) is 9.96. The molecule has 0 bridgehead atoms. The van der Waals surface area contributed by atoms with Gasteiger partial charge in [-0.15, -0.1) is 11.3 Å². The van der Waals surface area contributed by atoms with Crippen molar-refractivity contribution < 1.29 is 14.7 Å². The van der Waals surface area contributed by atoms with E-state index in [1.165, 1.54) is 43.4 Å². The lowest BCUT2D eigenvalue weighted by atomic mass is 9.92. The Kier molecular flexibility index (Phi) is 6.25. The average Bonchev–Trinajstić information content (AvgIpc) is 3.02. The van der Waals surface area contributed by atoms with Crippen molar-refractivity contribution in [2.75, 3.05) is 18.4 Å². The van der Waals surface area contributed by atoms with Crippen LogP contribution in [0.2, 0.25) is 0 Å². The summed E-state index contributed by atoms with van der Waals surface area (Å²) in [5.41, 5.74) is 0.603. The van der Waals surface area contributed by atoms with Gasteiger partial charge in [0.2, 0.25) is 5.91 Å². The van der Waals surface area contributed by atoms with Crippen LogP contribution in [-0.2, 0) is 11.2 Å². The van der Waals surface area contributed by atoms with Gasteiger partial charge in [-0.1, -0.05) is 19.3 Å². The molecule has 1 aromatic rings. The number of nitrogens with zero attached hydrogens (tertiary/aromatic N) is 2. The zero-order chi connectivity index (χ0) is 17.6. The molecule has 138 valence electrons. The molecule has 2 heterocycles. The van der Waals surface area contributed by atoms with E-state index in [-0.39, 0.29) is 18.4 Å². The number of likely N-dealkylation sites (tertiary alicyclic amines) is 1. The van der Waals surface area contributed by atoms with E-state index in [2.05, 4.69) is 20.5 Å². The second-order valence-electron chi connectivity index (χ2n) is 6.92. The normalized spacial score (nSPS) is 20.3. The fourth-order valence-corrected chi connectivity index (χ4v) is 4.54. The third-order valence-corrected chi connectivity index (χ3v) is 5.90. The van der Waals surface area contributed by atoms with E-state index in [1.54, 1.807) is 5.38 Å². The maximum atomic E-state index is 12.2. The molecule has 0 radical (unpaired) electrons. The van der Waals surface area contributed by atoms with Crippen molar-refractivity contribution >= 4 is 28.5 Å². The molecule has 0 aromatic carbocycles. The molecule has 0 unspecified atom stereocenters. The Bertz CT molecular complexity index is 592. The molecule has 1 aromatic heterocycles. The van der Waals surface area contributed by atoms with E-state index >= 15 is 0 Å². The summed E-state index contributed by atoms with van der Waals surface area (Å²) in [5, 5.41) is 16.0. The van der Waals surface area contributed by atoms with Gasteiger partial charge in [-0.25, -0.2) is 9.78 Å². The van der Waals surface area contributed by atoms with Crippen LogP contribution in [0.1, 0.15) is 50.6 Å². The Morgan fingerprint density at radius 3 is 2.60 bits per heavy atom. The number of nitrogens with one attached hydrogen (secondary N) is 2. The number of carboxylic acid groups (broad SMARTS) is 1. The maximum absolute atomic E-state index is 12.2. The summed E-state index contributed by atoms with van der Waals surface area (Å²) in [7, 11) is 0. The second-order valence-corrected chi connectivity index (χ2v) is 7.78. The summed E-state index contributed by atoms with van der Waals surface area (Å²) in [6.45, 7) is 2.14. The third-order valence-electron chi connectivity index (χ3n) is 5.09. The van der Waals surface area contributed by atoms with Gasteiger partial charge < -0.3 is 15.3 Å². The number of rotatable bonds is 5. The van der Waals surface area contributed by atoms with E-state index in [4.69, 9.17) is 5.11 Å². The summed E-state index contributed by atoms with van der Waals surface area (Å²) in [4.78, 5) is 29.5. The first-order chi connectivity index (χ1) is 12.1. The molecular formula is C17H26N4O3S. The molecule has 2 fully saturated rings. The molecule has 7 nitrogen and oxygen atoms in total. The first kappa shape index (κ1) is 18.1. The van der Waals surface area contributed by atoms with Gasteiger partial charge in [-0.3, -0.25) is 10.1 Å². The van der Waals surface area contributed by atoms with E-state index in [0.717, 1.165) is 32.0 Å². The number of hydrogen-bond donors (Lipinski definition) is 3. The van der Waals surface area contributed by atoms with Gasteiger partial charge in [0.15, 0.2) is 5.13 Å². The highest BCUT2D eigenvalue weighted by Gasteiger charge is 2.26. The fourth-order valence-electron chi connectivity index (χ4n) is 3.84. The average molecular weight is 366 g/mol. The van der Waals surface area contributed by atoms with Crippen molar-refractivity contribution in [2.45, 2.75) is 63.5 Å². The predicted molar refractivity (Wildman–Crippen MR) is 97.1 cm³/mol. The van der Waals surface area contributed by atoms with Crippen LogP contribution >= 0.6 is 11.3 Å². The van der Waals surface area contributed by atoms with Crippen molar-refractivity contribution in [1.82, 2.24) is 15.2 Å². The Labute approximate surface area is 151 Å². The second kappa shape index (κ2) is 8.62. The number of aromatic nitrogens is 1. The van der Waals surface area contributed by atoms with Crippen molar-refractivity contribution in [2.24, 2.45) is 0 Å². The monoisotopic (exact) mass is 366 g/mol. The molecule has 0 atom stereocenters. The van der Waals surface area contributed by atoms with Crippen molar-refractivity contribution in [3.8, 4) is 0 Å². The minimum Gasteiger partial charge on any atom is -0.465 e. The molecule has 0 spiro atoms. The van der Waals surface area contributed by atoms with E-state index < -0.39 is 6.09 Å². The van der Waals surface area contributed by atoms with Gasteiger partial charge in [-0.2, -0.15) is 0 Å². The molecule has 1 saturated carbocycles. The smallest absolute Gasteiger partial charge is 0.410 e. The number of amides is 2. The van der Waals surface area contributed by atoms with Gasteiger partial charge in [0.1, 0.15) is 0 Å². The molecule has 8 heteroatoms. The number of anilines is 1. The van der Waals surface area contributed by atoms with E-state index in [0.29, 0.717) is 10.8 Å². The zero-order valence-electron chi connectivity index (χ0n) is 14.4. The van der Waals surface area contributed by atoms with Crippen LogP contribution in [0.5, 0.6) is 0 Å². The van der Waals surface area contributed by atoms with Gasteiger partial charge in [0, 0.05) is 30.6 Å². The molecule has 2 aliphatic rings. The first-order valence-electron chi connectivity index (χ1n) is 9.08. The summed E-state index contributed by atoms with van der Waals surface area (Å²) in [5.74, 6) is -0.0386. The van der Waals surface area contributed by atoms with E-state index in [1.807, 2.05) is 0 Å². The van der Waals surface area contributed by atoms with Gasteiger partial charge in [0.05, 0.1) is 12.1 Å². The topological polar surface area (TPSA) is 94.6 Å². The lowest BCUT2D eigenvalue weighted by Gasteiger charge is -2.39. The zero-order valence-corrected chi connectivity index (χ0v) is 15.2. The van der Waals surface area contributed by atoms with Crippen LogP contribution in [0, 0.1) is 0 Å². The molecule has 25 heavy (non-hydrogen) atoms. The minimum atomic E-state index is -1.14. The standard InChI is InChI=1S/C17H26N4O3S/c22-15(10-13-11-25-16(19-13)20-17(23)24)18-12-6-8-21(9-7-12)14-4-2-1-3-5-14/h11-12,14H,1-10H2,(H,18,22)(H,19,20)(H,23,24). The van der Waals surface area contributed by atoms with Crippen LogP contribution in [0.3, 0.4) is 0 Å². The highest BCUT2D eigenvalue weighted by Crippen LogP contribution is 2.25. The van der Waals surface area contributed by atoms with Crippen molar-refractivity contribution in [3.63, 3.8) is 0 Å². The summed E-state index contributed by atoms with van der Waals surface area (Å²) < 4.78 is 0. The molecule has 1 aliphatic carbocycles. The van der Waals surface area contributed by atoms with Crippen molar-refractivity contribution in [3.05, 3.63) is 11.1 Å². The molecule has 1 aliphatic heterocycles. The quantitative estimate of drug-likeness (QED) is 0.745. The van der Waals surface area contributed by atoms with Crippen LogP contribution in [0.15, 0.2) is 5.38 Å². The van der Waals surface area contributed by atoms with Gasteiger partial charge in [0.25, 0.3) is 0 Å².